The van der Waals surface area contributed by atoms with Gasteiger partial charge >= 0.3 is 0 Å². The summed E-state index contributed by atoms with van der Waals surface area (Å²) in [4.78, 5) is 0. The molecule has 5 heteroatoms. The summed E-state index contributed by atoms with van der Waals surface area (Å²) in [6.45, 7) is 5.32. The lowest BCUT2D eigenvalue weighted by atomic mass is 10.0. The Kier molecular flexibility index (Phi) is 5.99. The lowest BCUT2D eigenvalue weighted by molar-refractivity contribution is 0.318. The van der Waals surface area contributed by atoms with Crippen molar-refractivity contribution < 1.29 is 9.47 Å². The lowest BCUT2D eigenvalue weighted by Gasteiger charge is -2.14. The van der Waals surface area contributed by atoms with Gasteiger partial charge in [-0.05, 0) is 42.7 Å². The van der Waals surface area contributed by atoms with E-state index in [0.717, 1.165) is 24.0 Å². The fraction of sp³-hybridized carbons (Fsp3) is 0.333. The minimum Gasteiger partial charge on any atom is -0.491 e. The third-order valence-electron chi connectivity index (χ3n) is 3.35. The summed E-state index contributed by atoms with van der Waals surface area (Å²) in [6, 6.07) is 9.20. The van der Waals surface area contributed by atoms with E-state index in [1.807, 2.05) is 38.1 Å². The number of hydrogen-bond acceptors (Lipinski definition) is 4. The molecule has 4 N–H and O–H groups in total. The van der Waals surface area contributed by atoms with Crippen molar-refractivity contribution in [2.45, 2.75) is 26.7 Å². The monoisotopic (exact) mass is 334 g/mol. The Morgan fingerprint density at radius 3 is 2.09 bits per heavy atom. The third-order valence-corrected chi connectivity index (χ3v) is 3.66. The summed E-state index contributed by atoms with van der Waals surface area (Å²) >= 11 is 6.36. The van der Waals surface area contributed by atoms with Gasteiger partial charge in [0.25, 0.3) is 0 Å². The number of ether oxygens (including phenoxy) is 2. The quantitative estimate of drug-likeness (QED) is 0.717. The first kappa shape index (κ1) is 17.3. The maximum Gasteiger partial charge on any atom is 0.142 e. The molecule has 124 valence electrons. The molecule has 0 fully saturated rings. The van der Waals surface area contributed by atoms with E-state index in [1.165, 1.54) is 0 Å². The van der Waals surface area contributed by atoms with Gasteiger partial charge in [-0.1, -0.05) is 31.5 Å². The largest absolute Gasteiger partial charge is 0.491 e. The SMILES string of the molecule is CCCOc1cc(-c2cc(OCCC)c(N)cc2Cl)ccc1N. The molecule has 0 aliphatic rings. The first-order valence-electron chi connectivity index (χ1n) is 7.81. The Balaban J connectivity index is 2.40. The molecule has 0 bridgehead atoms. The molecular weight excluding hydrogens is 312 g/mol. The van der Waals surface area contributed by atoms with Gasteiger partial charge in [-0.3, -0.25) is 0 Å². The van der Waals surface area contributed by atoms with Crippen LogP contribution in [0.2, 0.25) is 5.02 Å². The minimum atomic E-state index is 0.533. The van der Waals surface area contributed by atoms with Gasteiger partial charge in [0.2, 0.25) is 0 Å². The number of hydrogen-bond donors (Lipinski definition) is 2. The van der Waals surface area contributed by atoms with Crippen LogP contribution in [0.3, 0.4) is 0 Å². The molecule has 0 saturated carbocycles. The molecule has 0 aliphatic carbocycles. The van der Waals surface area contributed by atoms with Crippen LogP contribution in [-0.2, 0) is 0 Å². The van der Waals surface area contributed by atoms with E-state index >= 15 is 0 Å². The second kappa shape index (κ2) is 7.97. The number of nitrogens with two attached hydrogens (primary N) is 2. The molecule has 0 aromatic heterocycles. The van der Waals surface area contributed by atoms with Crippen LogP contribution < -0.4 is 20.9 Å². The fourth-order valence-corrected chi connectivity index (χ4v) is 2.45. The molecule has 4 nitrogen and oxygen atoms in total. The molecule has 0 heterocycles. The molecule has 23 heavy (non-hydrogen) atoms. The van der Waals surface area contributed by atoms with Crippen LogP contribution in [0.1, 0.15) is 26.7 Å². The summed E-state index contributed by atoms with van der Waals surface area (Å²) in [5.41, 5.74) is 14.8. The van der Waals surface area contributed by atoms with Crippen LogP contribution >= 0.6 is 11.6 Å². The summed E-state index contributed by atoms with van der Waals surface area (Å²) < 4.78 is 11.4. The van der Waals surface area contributed by atoms with Crippen molar-refractivity contribution in [3.63, 3.8) is 0 Å². The van der Waals surface area contributed by atoms with Gasteiger partial charge in [0, 0.05) is 5.56 Å². The fourth-order valence-electron chi connectivity index (χ4n) is 2.17. The zero-order valence-electron chi connectivity index (χ0n) is 13.6. The molecule has 0 spiro atoms. The van der Waals surface area contributed by atoms with Crippen molar-refractivity contribution in [2.24, 2.45) is 0 Å². The van der Waals surface area contributed by atoms with Crippen molar-refractivity contribution in [3.05, 3.63) is 35.4 Å². The highest BCUT2D eigenvalue weighted by molar-refractivity contribution is 6.33. The summed E-state index contributed by atoms with van der Waals surface area (Å²) in [7, 11) is 0. The van der Waals surface area contributed by atoms with Gasteiger partial charge < -0.3 is 20.9 Å². The highest BCUT2D eigenvalue weighted by Crippen LogP contribution is 2.38. The second-order valence-electron chi connectivity index (χ2n) is 5.32. The average molecular weight is 335 g/mol. The van der Waals surface area contributed by atoms with Crippen molar-refractivity contribution >= 4 is 23.0 Å². The Bertz CT molecular complexity index is 674. The molecule has 0 atom stereocenters. The average Bonchev–Trinajstić information content (AvgIpc) is 2.53. The van der Waals surface area contributed by atoms with Gasteiger partial charge in [0.05, 0.1) is 29.6 Å². The van der Waals surface area contributed by atoms with Crippen molar-refractivity contribution in [3.8, 4) is 22.6 Å². The van der Waals surface area contributed by atoms with Crippen LogP contribution in [0.4, 0.5) is 11.4 Å². The minimum absolute atomic E-state index is 0.533. The van der Waals surface area contributed by atoms with Gasteiger partial charge in [-0.2, -0.15) is 0 Å². The molecule has 0 amide bonds. The second-order valence-corrected chi connectivity index (χ2v) is 5.73. The molecule has 0 aliphatic heterocycles. The van der Waals surface area contributed by atoms with Gasteiger partial charge in [0.1, 0.15) is 11.5 Å². The number of anilines is 2. The zero-order valence-corrected chi connectivity index (χ0v) is 14.3. The molecule has 2 rings (SSSR count). The highest BCUT2D eigenvalue weighted by Gasteiger charge is 2.12. The van der Waals surface area contributed by atoms with E-state index in [0.29, 0.717) is 41.1 Å². The lowest BCUT2D eigenvalue weighted by Crippen LogP contribution is -2.01. The third kappa shape index (κ3) is 4.23. The molecule has 0 radical (unpaired) electrons. The maximum atomic E-state index is 6.36. The van der Waals surface area contributed by atoms with E-state index in [4.69, 9.17) is 32.5 Å². The van der Waals surface area contributed by atoms with Crippen LogP contribution in [0.15, 0.2) is 30.3 Å². The van der Waals surface area contributed by atoms with Crippen molar-refractivity contribution in [2.75, 3.05) is 24.7 Å². The Hall–Kier alpha value is -2.07. The highest BCUT2D eigenvalue weighted by atomic mass is 35.5. The van der Waals surface area contributed by atoms with Gasteiger partial charge in [0.15, 0.2) is 0 Å². The number of halogens is 1. The number of benzene rings is 2. The maximum absolute atomic E-state index is 6.36. The Morgan fingerprint density at radius 1 is 0.870 bits per heavy atom. The number of nitrogen functional groups attached to an aromatic ring is 2. The first-order valence-corrected chi connectivity index (χ1v) is 8.19. The smallest absolute Gasteiger partial charge is 0.142 e. The molecule has 2 aromatic rings. The summed E-state index contributed by atoms with van der Waals surface area (Å²) in [5.74, 6) is 1.30. The van der Waals surface area contributed by atoms with Crippen molar-refractivity contribution in [1.82, 2.24) is 0 Å². The van der Waals surface area contributed by atoms with E-state index in [2.05, 4.69) is 0 Å². The van der Waals surface area contributed by atoms with Crippen LogP contribution in [0.25, 0.3) is 11.1 Å². The Morgan fingerprint density at radius 2 is 1.48 bits per heavy atom. The first-order chi connectivity index (χ1) is 11.1. The Labute approximate surface area is 142 Å². The van der Waals surface area contributed by atoms with E-state index < -0.39 is 0 Å². The van der Waals surface area contributed by atoms with E-state index in [-0.39, 0.29) is 0 Å². The normalized spacial score (nSPS) is 10.6. The molecule has 0 saturated heterocycles. The summed E-state index contributed by atoms with van der Waals surface area (Å²) in [6.07, 6.45) is 1.83. The van der Waals surface area contributed by atoms with E-state index in [9.17, 15) is 0 Å². The van der Waals surface area contributed by atoms with Gasteiger partial charge in [-0.25, -0.2) is 0 Å². The number of rotatable bonds is 7. The van der Waals surface area contributed by atoms with Crippen LogP contribution in [0, 0.1) is 0 Å². The summed E-state index contributed by atoms with van der Waals surface area (Å²) in [5, 5.41) is 0.567. The topological polar surface area (TPSA) is 70.5 Å². The standard InChI is InChI=1S/C18H23ClN2O2/c1-3-7-22-17-9-12(5-6-15(17)20)13-10-18(23-8-4-2)16(21)11-14(13)19/h5-6,9-11H,3-4,7-8,20-21H2,1-2H3. The molecule has 2 aromatic carbocycles. The van der Waals surface area contributed by atoms with Gasteiger partial charge in [-0.15, -0.1) is 0 Å². The van der Waals surface area contributed by atoms with Crippen molar-refractivity contribution in [1.29, 1.82) is 0 Å². The predicted molar refractivity (Wildman–Crippen MR) is 97.3 cm³/mol. The molecular formula is C18H23ClN2O2. The van der Waals surface area contributed by atoms with Crippen LogP contribution in [-0.4, -0.2) is 13.2 Å². The zero-order chi connectivity index (χ0) is 16.8. The van der Waals surface area contributed by atoms with Crippen LogP contribution in [0.5, 0.6) is 11.5 Å². The van der Waals surface area contributed by atoms with E-state index in [1.54, 1.807) is 6.07 Å². The predicted octanol–water partition coefficient (Wildman–Crippen LogP) is 4.75. The molecule has 0 unspecified atom stereocenters.